The fourth-order valence-corrected chi connectivity index (χ4v) is 2.13. The second-order valence-corrected chi connectivity index (χ2v) is 5.01. The third kappa shape index (κ3) is 3.96. The third-order valence-electron chi connectivity index (χ3n) is 2.59. The van der Waals surface area contributed by atoms with Gasteiger partial charge in [0.1, 0.15) is 5.82 Å². The summed E-state index contributed by atoms with van der Waals surface area (Å²) in [5.41, 5.74) is 0. The van der Waals surface area contributed by atoms with Crippen LogP contribution in [0.25, 0.3) is 0 Å². The molecule has 1 aliphatic carbocycles. The number of carbonyl (C=O) groups excluding carboxylic acids is 1. The van der Waals surface area contributed by atoms with E-state index in [1.165, 1.54) is 11.5 Å². The van der Waals surface area contributed by atoms with Crippen LogP contribution in [-0.2, 0) is 11.2 Å². The Balaban J connectivity index is 1.61. The normalized spacial score (nSPS) is 14.6. The maximum Gasteiger partial charge on any atom is 0.223 e. The van der Waals surface area contributed by atoms with Crippen LogP contribution in [0.15, 0.2) is 0 Å². The first kappa shape index (κ1) is 12.3. The second-order valence-electron chi connectivity index (χ2n) is 4.26. The third-order valence-corrected chi connectivity index (χ3v) is 3.30. The number of hydrogen-bond donors (Lipinski definition) is 2. The summed E-state index contributed by atoms with van der Waals surface area (Å²) in [6.07, 6.45) is 4.09. The van der Waals surface area contributed by atoms with E-state index in [1.807, 2.05) is 0 Å². The average molecular weight is 254 g/mol. The van der Waals surface area contributed by atoms with Crippen LogP contribution in [0.5, 0.6) is 0 Å². The molecule has 0 unspecified atom stereocenters. The van der Waals surface area contributed by atoms with Crippen LogP contribution in [0, 0.1) is 5.92 Å². The molecule has 2 rings (SSSR count). The van der Waals surface area contributed by atoms with Gasteiger partial charge >= 0.3 is 0 Å². The summed E-state index contributed by atoms with van der Waals surface area (Å²) in [6, 6.07) is 0. The van der Waals surface area contributed by atoms with E-state index in [1.54, 1.807) is 0 Å². The Bertz CT molecular complexity index is 375. The number of rotatable bonds is 7. The zero-order valence-electron chi connectivity index (χ0n) is 10.0. The lowest BCUT2D eigenvalue weighted by Gasteiger charge is -2.04. The minimum atomic E-state index is 0.190. The molecule has 6 heteroatoms. The molecule has 1 aromatic heterocycles. The number of nitrogens with one attached hydrogen (secondary N) is 2. The number of hydrogen-bond acceptors (Lipinski definition) is 5. The Morgan fingerprint density at radius 2 is 2.29 bits per heavy atom. The quantitative estimate of drug-likeness (QED) is 0.722. The van der Waals surface area contributed by atoms with E-state index in [-0.39, 0.29) is 11.8 Å². The second kappa shape index (κ2) is 5.95. The topological polar surface area (TPSA) is 66.9 Å². The van der Waals surface area contributed by atoms with Crippen LogP contribution in [0.2, 0.25) is 0 Å². The van der Waals surface area contributed by atoms with Gasteiger partial charge in [0.2, 0.25) is 11.0 Å². The van der Waals surface area contributed by atoms with Gasteiger partial charge in [0.25, 0.3) is 0 Å². The monoisotopic (exact) mass is 254 g/mol. The van der Waals surface area contributed by atoms with Gasteiger partial charge in [-0.2, -0.15) is 4.37 Å². The van der Waals surface area contributed by atoms with Crippen LogP contribution >= 0.6 is 11.5 Å². The Hall–Kier alpha value is -1.17. The molecular weight excluding hydrogens is 236 g/mol. The molecule has 94 valence electrons. The summed E-state index contributed by atoms with van der Waals surface area (Å²) >= 11 is 1.38. The molecule has 1 aliphatic rings. The molecule has 1 aromatic rings. The fraction of sp³-hybridized carbons (Fsp3) is 0.727. The van der Waals surface area contributed by atoms with Gasteiger partial charge in [-0.1, -0.05) is 6.92 Å². The average Bonchev–Trinajstić information content (AvgIpc) is 3.08. The lowest BCUT2D eigenvalue weighted by Crippen LogP contribution is -2.29. The summed E-state index contributed by atoms with van der Waals surface area (Å²) in [6.45, 7) is 3.47. The van der Waals surface area contributed by atoms with Crippen molar-refractivity contribution in [2.45, 2.75) is 32.6 Å². The molecule has 0 aromatic carbocycles. The van der Waals surface area contributed by atoms with Crippen molar-refractivity contribution in [3.05, 3.63) is 5.82 Å². The highest BCUT2D eigenvalue weighted by Crippen LogP contribution is 2.28. The molecule has 2 N–H and O–H groups in total. The molecular formula is C11H18N4OS. The van der Waals surface area contributed by atoms with E-state index in [0.717, 1.165) is 36.6 Å². The molecule has 1 heterocycles. The van der Waals surface area contributed by atoms with E-state index < -0.39 is 0 Å². The number of carbonyl (C=O) groups is 1. The summed E-state index contributed by atoms with van der Waals surface area (Å²) in [4.78, 5) is 15.7. The summed E-state index contributed by atoms with van der Waals surface area (Å²) in [5, 5.41) is 6.91. The predicted octanol–water partition coefficient (Wildman–Crippen LogP) is 1.43. The van der Waals surface area contributed by atoms with Gasteiger partial charge in [0, 0.05) is 37.0 Å². The van der Waals surface area contributed by atoms with Crippen LogP contribution in [0.4, 0.5) is 5.13 Å². The van der Waals surface area contributed by atoms with Crippen molar-refractivity contribution in [1.29, 1.82) is 0 Å². The molecule has 17 heavy (non-hydrogen) atoms. The van der Waals surface area contributed by atoms with Crippen LogP contribution in [-0.4, -0.2) is 28.4 Å². The lowest BCUT2D eigenvalue weighted by molar-refractivity contribution is -0.122. The van der Waals surface area contributed by atoms with Crippen molar-refractivity contribution < 1.29 is 4.79 Å². The van der Waals surface area contributed by atoms with Crippen molar-refractivity contribution >= 4 is 22.6 Å². The van der Waals surface area contributed by atoms with Crippen LogP contribution < -0.4 is 10.6 Å². The van der Waals surface area contributed by atoms with Crippen LogP contribution in [0.1, 0.15) is 32.0 Å². The number of aryl methyl sites for hydroxylation is 1. The van der Waals surface area contributed by atoms with Crippen molar-refractivity contribution in [3.8, 4) is 0 Å². The van der Waals surface area contributed by atoms with E-state index in [9.17, 15) is 4.79 Å². The highest BCUT2D eigenvalue weighted by atomic mass is 32.1. The van der Waals surface area contributed by atoms with Crippen molar-refractivity contribution in [1.82, 2.24) is 14.7 Å². The first-order valence-corrected chi connectivity index (χ1v) is 6.91. The summed E-state index contributed by atoms with van der Waals surface area (Å²) in [5.74, 6) is 1.38. The van der Waals surface area contributed by atoms with Gasteiger partial charge in [0.15, 0.2) is 0 Å². The van der Waals surface area contributed by atoms with Gasteiger partial charge in [-0.05, 0) is 19.3 Å². The molecule has 0 saturated heterocycles. The lowest BCUT2D eigenvalue weighted by atomic mass is 10.3. The summed E-state index contributed by atoms with van der Waals surface area (Å²) in [7, 11) is 0. The van der Waals surface area contributed by atoms with Crippen LogP contribution in [0.3, 0.4) is 0 Å². The zero-order valence-corrected chi connectivity index (χ0v) is 10.8. The number of nitrogens with zero attached hydrogens (tertiary/aromatic N) is 2. The van der Waals surface area contributed by atoms with Gasteiger partial charge in [0.05, 0.1) is 0 Å². The largest absolute Gasteiger partial charge is 0.359 e. The van der Waals surface area contributed by atoms with Crippen molar-refractivity contribution in [2.24, 2.45) is 5.92 Å². The van der Waals surface area contributed by atoms with Gasteiger partial charge in [-0.15, -0.1) is 0 Å². The number of amides is 1. The molecule has 0 aliphatic heterocycles. The Kier molecular flexibility index (Phi) is 4.30. The summed E-state index contributed by atoms with van der Waals surface area (Å²) < 4.78 is 4.24. The zero-order chi connectivity index (χ0) is 12.1. The number of anilines is 1. The van der Waals surface area contributed by atoms with Gasteiger partial charge in [-0.3, -0.25) is 4.79 Å². The van der Waals surface area contributed by atoms with Crippen molar-refractivity contribution in [2.75, 3.05) is 18.4 Å². The first-order chi connectivity index (χ1) is 8.29. The minimum absolute atomic E-state index is 0.190. The Labute approximate surface area is 105 Å². The van der Waals surface area contributed by atoms with E-state index in [2.05, 4.69) is 26.9 Å². The Morgan fingerprint density at radius 1 is 1.47 bits per heavy atom. The minimum Gasteiger partial charge on any atom is -0.359 e. The molecule has 1 amide bonds. The molecule has 1 saturated carbocycles. The standard InChI is InChI=1S/C11H18N4OS/c1-2-3-9-14-11(17-15-9)13-7-6-12-10(16)8-4-5-8/h8H,2-7H2,1H3,(H,12,16)(H,13,14,15). The smallest absolute Gasteiger partial charge is 0.223 e. The highest BCUT2D eigenvalue weighted by Gasteiger charge is 2.28. The maximum absolute atomic E-state index is 11.3. The van der Waals surface area contributed by atoms with E-state index in [4.69, 9.17) is 0 Å². The van der Waals surface area contributed by atoms with Crippen molar-refractivity contribution in [3.63, 3.8) is 0 Å². The number of aromatic nitrogens is 2. The highest BCUT2D eigenvalue weighted by molar-refractivity contribution is 7.09. The van der Waals surface area contributed by atoms with E-state index >= 15 is 0 Å². The van der Waals surface area contributed by atoms with E-state index in [0.29, 0.717) is 13.1 Å². The maximum atomic E-state index is 11.3. The molecule has 1 fully saturated rings. The SMILES string of the molecule is CCCc1nsc(NCCNC(=O)C2CC2)n1. The molecule has 0 atom stereocenters. The first-order valence-electron chi connectivity index (χ1n) is 6.13. The van der Waals surface area contributed by atoms with Gasteiger partial charge < -0.3 is 10.6 Å². The molecule has 0 spiro atoms. The van der Waals surface area contributed by atoms with Gasteiger partial charge in [-0.25, -0.2) is 4.98 Å². The Morgan fingerprint density at radius 3 is 3.00 bits per heavy atom. The molecule has 5 nitrogen and oxygen atoms in total. The molecule has 0 radical (unpaired) electrons. The fourth-order valence-electron chi connectivity index (χ4n) is 1.50. The predicted molar refractivity (Wildman–Crippen MR) is 68.1 cm³/mol. The molecule has 0 bridgehead atoms.